The highest BCUT2D eigenvalue weighted by atomic mass is 16.2. The molecule has 1 unspecified atom stereocenters. The van der Waals surface area contributed by atoms with E-state index in [9.17, 15) is 4.79 Å². The summed E-state index contributed by atoms with van der Waals surface area (Å²) in [5.41, 5.74) is 1.74. The number of likely N-dealkylation sites (N-methyl/N-ethyl adjacent to an activating group) is 1. The van der Waals surface area contributed by atoms with Crippen LogP contribution < -0.4 is 5.32 Å². The van der Waals surface area contributed by atoms with Gasteiger partial charge >= 0.3 is 0 Å². The van der Waals surface area contributed by atoms with Crippen LogP contribution >= 0.6 is 0 Å². The van der Waals surface area contributed by atoms with E-state index in [1.807, 2.05) is 59.1 Å². The molecule has 3 nitrogen and oxygen atoms in total. The van der Waals surface area contributed by atoms with Crippen molar-refractivity contribution in [1.82, 2.24) is 10.2 Å². The standard InChI is InChI=1S/C16H26N2O/c1-12-9-7-8-10-14(12)16(3,4)15(19)17-11-13(2)18(5)6/h7-10,13H,11H2,1-6H3,(H,17,19). The van der Waals surface area contributed by atoms with E-state index in [2.05, 4.69) is 17.1 Å². The first-order chi connectivity index (χ1) is 8.76. The zero-order chi connectivity index (χ0) is 14.6. The first-order valence-corrected chi connectivity index (χ1v) is 6.77. The first kappa shape index (κ1) is 15.7. The summed E-state index contributed by atoms with van der Waals surface area (Å²) in [5.74, 6) is 0.0792. The van der Waals surface area contributed by atoms with Crippen molar-refractivity contribution in [3.05, 3.63) is 35.4 Å². The van der Waals surface area contributed by atoms with Crippen LogP contribution in [0.5, 0.6) is 0 Å². The molecular formula is C16H26N2O. The SMILES string of the molecule is Cc1ccccc1C(C)(C)C(=O)NCC(C)N(C)C. The minimum absolute atomic E-state index is 0.0792. The van der Waals surface area contributed by atoms with Crippen LogP contribution in [-0.4, -0.2) is 37.5 Å². The molecule has 0 saturated carbocycles. The van der Waals surface area contributed by atoms with Crippen LogP contribution in [0.2, 0.25) is 0 Å². The van der Waals surface area contributed by atoms with Crippen LogP contribution in [0.3, 0.4) is 0 Å². The van der Waals surface area contributed by atoms with E-state index in [4.69, 9.17) is 0 Å². The van der Waals surface area contributed by atoms with Crippen molar-refractivity contribution in [2.75, 3.05) is 20.6 Å². The maximum Gasteiger partial charge on any atom is 0.230 e. The highest BCUT2D eigenvalue weighted by Crippen LogP contribution is 2.26. The molecule has 0 aromatic heterocycles. The molecule has 1 amide bonds. The van der Waals surface area contributed by atoms with Gasteiger partial charge in [-0.1, -0.05) is 24.3 Å². The number of nitrogens with one attached hydrogen (secondary N) is 1. The fourth-order valence-corrected chi connectivity index (χ4v) is 2.04. The minimum atomic E-state index is -0.503. The van der Waals surface area contributed by atoms with Gasteiger partial charge in [0.25, 0.3) is 0 Å². The zero-order valence-corrected chi connectivity index (χ0v) is 12.9. The molecule has 1 aromatic carbocycles. The Morgan fingerprint density at radius 3 is 2.42 bits per heavy atom. The zero-order valence-electron chi connectivity index (χ0n) is 12.9. The van der Waals surface area contributed by atoms with Crippen molar-refractivity contribution in [2.45, 2.75) is 39.2 Å². The van der Waals surface area contributed by atoms with Gasteiger partial charge in [0.2, 0.25) is 5.91 Å². The number of nitrogens with zero attached hydrogens (tertiary/aromatic N) is 1. The Labute approximate surface area is 117 Å². The predicted octanol–water partition coefficient (Wildman–Crippen LogP) is 2.34. The van der Waals surface area contributed by atoms with Crippen LogP contribution in [0, 0.1) is 6.92 Å². The Bertz CT molecular complexity index is 438. The number of hydrogen-bond donors (Lipinski definition) is 1. The summed E-state index contributed by atoms with van der Waals surface area (Å²) < 4.78 is 0. The topological polar surface area (TPSA) is 32.3 Å². The molecule has 0 aliphatic rings. The largest absolute Gasteiger partial charge is 0.354 e. The summed E-state index contributed by atoms with van der Waals surface area (Å²) in [6.07, 6.45) is 0. The third kappa shape index (κ3) is 3.80. The Balaban J connectivity index is 2.78. The van der Waals surface area contributed by atoms with Gasteiger partial charge in [0.05, 0.1) is 5.41 Å². The maximum atomic E-state index is 12.4. The fourth-order valence-electron chi connectivity index (χ4n) is 2.04. The Hall–Kier alpha value is -1.35. The second kappa shape index (κ2) is 6.20. The monoisotopic (exact) mass is 262 g/mol. The molecule has 1 rings (SSSR count). The lowest BCUT2D eigenvalue weighted by Gasteiger charge is -2.28. The van der Waals surface area contributed by atoms with E-state index in [1.54, 1.807) is 0 Å². The molecule has 19 heavy (non-hydrogen) atoms. The van der Waals surface area contributed by atoms with Crippen molar-refractivity contribution >= 4 is 5.91 Å². The Morgan fingerprint density at radius 1 is 1.32 bits per heavy atom. The number of carbonyl (C=O) groups is 1. The lowest BCUT2D eigenvalue weighted by Crippen LogP contribution is -2.45. The van der Waals surface area contributed by atoms with Crippen molar-refractivity contribution in [1.29, 1.82) is 0 Å². The molecule has 0 aliphatic heterocycles. The molecule has 0 saturated heterocycles. The van der Waals surface area contributed by atoms with E-state index < -0.39 is 5.41 Å². The molecule has 0 radical (unpaired) electrons. The van der Waals surface area contributed by atoms with Gasteiger partial charge in [0.1, 0.15) is 0 Å². The Kier molecular flexibility index (Phi) is 5.12. The van der Waals surface area contributed by atoms with Gasteiger partial charge in [-0.3, -0.25) is 4.79 Å². The van der Waals surface area contributed by atoms with Gasteiger partial charge in [-0.25, -0.2) is 0 Å². The van der Waals surface area contributed by atoms with Crippen LogP contribution in [0.4, 0.5) is 0 Å². The lowest BCUT2D eigenvalue weighted by atomic mass is 9.81. The number of benzene rings is 1. The fraction of sp³-hybridized carbons (Fsp3) is 0.562. The van der Waals surface area contributed by atoms with E-state index >= 15 is 0 Å². The number of carbonyl (C=O) groups excluding carboxylic acids is 1. The third-order valence-corrected chi connectivity index (χ3v) is 3.83. The lowest BCUT2D eigenvalue weighted by molar-refractivity contribution is -0.125. The molecule has 0 spiro atoms. The normalized spacial score (nSPS) is 13.4. The summed E-state index contributed by atoms with van der Waals surface area (Å²) in [7, 11) is 4.03. The van der Waals surface area contributed by atoms with Crippen LogP contribution in [0.25, 0.3) is 0 Å². The van der Waals surface area contributed by atoms with Gasteiger partial charge in [-0.15, -0.1) is 0 Å². The molecule has 1 N–H and O–H groups in total. The average Bonchev–Trinajstić information content (AvgIpc) is 2.35. The van der Waals surface area contributed by atoms with Crippen LogP contribution in [0.1, 0.15) is 31.9 Å². The molecule has 0 heterocycles. The molecule has 0 aliphatic carbocycles. The Morgan fingerprint density at radius 2 is 1.89 bits per heavy atom. The van der Waals surface area contributed by atoms with E-state index in [-0.39, 0.29) is 5.91 Å². The van der Waals surface area contributed by atoms with Crippen molar-refractivity contribution in [2.24, 2.45) is 0 Å². The summed E-state index contributed by atoms with van der Waals surface area (Å²) in [5, 5.41) is 3.05. The smallest absolute Gasteiger partial charge is 0.230 e. The van der Waals surface area contributed by atoms with Gasteiger partial charge in [0, 0.05) is 12.6 Å². The maximum absolute atomic E-state index is 12.4. The quantitative estimate of drug-likeness (QED) is 0.883. The summed E-state index contributed by atoms with van der Waals surface area (Å²) in [6.45, 7) is 8.77. The molecule has 0 bridgehead atoms. The molecule has 0 fully saturated rings. The molecule has 1 atom stereocenters. The van der Waals surface area contributed by atoms with Crippen LogP contribution in [0.15, 0.2) is 24.3 Å². The first-order valence-electron chi connectivity index (χ1n) is 6.77. The second-order valence-electron chi connectivity index (χ2n) is 5.96. The molecule has 1 aromatic rings. The van der Waals surface area contributed by atoms with Crippen molar-refractivity contribution < 1.29 is 4.79 Å². The number of amides is 1. The number of aryl methyl sites for hydroxylation is 1. The van der Waals surface area contributed by atoms with Crippen LogP contribution in [-0.2, 0) is 10.2 Å². The van der Waals surface area contributed by atoms with E-state index in [0.717, 1.165) is 11.1 Å². The highest BCUT2D eigenvalue weighted by Gasteiger charge is 2.30. The highest BCUT2D eigenvalue weighted by molar-refractivity contribution is 5.87. The summed E-state index contributed by atoms with van der Waals surface area (Å²) >= 11 is 0. The number of hydrogen-bond acceptors (Lipinski definition) is 2. The molecule has 106 valence electrons. The van der Waals surface area contributed by atoms with E-state index in [1.165, 1.54) is 0 Å². The predicted molar refractivity (Wildman–Crippen MR) is 80.4 cm³/mol. The summed E-state index contributed by atoms with van der Waals surface area (Å²) in [4.78, 5) is 14.5. The van der Waals surface area contributed by atoms with Gasteiger partial charge in [0.15, 0.2) is 0 Å². The second-order valence-corrected chi connectivity index (χ2v) is 5.96. The van der Waals surface area contributed by atoms with Gasteiger partial charge in [-0.2, -0.15) is 0 Å². The van der Waals surface area contributed by atoms with Gasteiger partial charge < -0.3 is 10.2 Å². The van der Waals surface area contributed by atoms with Crippen molar-refractivity contribution in [3.8, 4) is 0 Å². The summed E-state index contributed by atoms with van der Waals surface area (Å²) in [6, 6.07) is 8.40. The number of rotatable bonds is 5. The average molecular weight is 262 g/mol. The minimum Gasteiger partial charge on any atom is -0.354 e. The third-order valence-electron chi connectivity index (χ3n) is 3.83. The molecular weight excluding hydrogens is 236 g/mol. The van der Waals surface area contributed by atoms with E-state index in [0.29, 0.717) is 12.6 Å². The van der Waals surface area contributed by atoms with Crippen molar-refractivity contribution in [3.63, 3.8) is 0 Å². The van der Waals surface area contributed by atoms with Gasteiger partial charge in [-0.05, 0) is 52.9 Å². The molecule has 3 heteroatoms.